The number of fused-ring (bicyclic) bond motifs is 1. The zero-order valence-electron chi connectivity index (χ0n) is 10.4. The lowest BCUT2D eigenvalue weighted by Gasteiger charge is -2.28. The molecule has 6 nitrogen and oxygen atoms in total. The first-order valence-corrected chi connectivity index (χ1v) is 5.98. The van der Waals surface area contributed by atoms with Gasteiger partial charge in [-0.1, -0.05) is 12.1 Å². The highest BCUT2D eigenvalue weighted by molar-refractivity contribution is 5.98. The van der Waals surface area contributed by atoms with Gasteiger partial charge in [0, 0.05) is 0 Å². The number of nitrogens with zero attached hydrogens (tertiary/aromatic N) is 1. The first kappa shape index (κ1) is 12.3. The summed E-state index contributed by atoms with van der Waals surface area (Å²) in [5.74, 6) is -0.489. The fraction of sp³-hybridized carbons (Fsp3) is 0.143. The topological polar surface area (TPSA) is 80.0 Å². The molecule has 2 aromatic rings. The van der Waals surface area contributed by atoms with Gasteiger partial charge in [-0.05, 0) is 18.2 Å². The fourth-order valence-electron chi connectivity index (χ4n) is 2.12. The molecule has 20 heavy (non-hydrogen) atoms. The number of hydrogen-bond acceptors (Lipinski definition) is 4. The summed E-state index contributed by atoms with van der Waals surface area (Å²) in [5.41, 5.74) is 0.665. The summed E-state index contributed by atoms with van der Waals surface area (Å²) in [6, 6.07) is 8.47. The van der Waals surface area contributed by atoms with Crippen molar-refractivity contribution in [2.24, 2.45) is 0 Å². The van der Waals surface area contributed by atoms with Crippen LogP contribution in [0, 0.1) is 0 Å². The van der Waals surface area contributed by atoms with Crippen molar-refractivity contribution in [3.63, 3.8) is 0 Å². The van der Waals surface area contributed by atoms with E-state index in [1.54, 1.807) is 18.2 Å². The lowest BCUT2D eigenvalue weighted by Crippen LogP contribution is -2.38. The van der Waals surface area contributed by atoms with Crippen LogP contribution < -0.4 is 9.64 Å². The number of carboxylic acids is 1. The Balaban J connectivity index is 1.96. The molecule has 1 aromatic heterocycles. The van der Waals surface area contributed by atoms with Crippen molar-refractivity contribution >= 4 is 17.6 Å². The lowest BCUT2D eigenvalue weighted by atomic mass is 10.2. The van der Waals surface area contributed by atoms with Crippen molar-refractivity contribution in [3.05, 3.63) is 47.9 Å². The largest absolute Gasteiger partial charge is 0.482 e. The zero-order valence-corrected chi connectivity index (χ0v) is 10.4. The molecule has 0 saturated heterocycles. The maximum Gasteiger partial charge on any atom is 0.339 e. The van der Waals surface area contributed by atoms with E-state index < -0.39 is 5.97 Å². The van der Waals surface area contributed by atoms with E-state index in [-0.39, 0.29) is 30.4 Å². The predicted octanol–water partition coefficient (Wildman–Crippen LogP) is 1.90. The molecule has 0 atom stereocenters. The summed E-state index contributed by atoms with van der Waals surface area (Å²) in [7, 11) is 0. The minimum atomic E-state index is -1.08. The van der Waals surface area contributed by atoms with Gasteiger partial charge in [-0.15, -0.1) is 0 Å². The number of furan rings is 1. The second kappa shape index (κ2) is 4.73. The summed E-state index contributed by atoms with van der Waals surface area (Å²) < 4.78 is 10.5. The number of benzene rings is 1. The molecule has 0 radical (unpaired) electrons. The van der Waals surface area contributed by atoms with Crippen LogP contribution in [0.3, 0.4) is 0 Å². The number of carbonyl (C=O) groups is 2. The average Bonchev–Trinajstić information content (AvgIpc) is 2.90. The number of para-hydroxylation sites is 2. The molecule has 1 aliphatic heterocycles. The van der Waals surface area contributed by atoms with Crippen LogP contribution in [0.2, 0.25) is 0 Å². The molecule has 1 amide bonds. The van der Waals surface area contributed by atoms with Crippen molar-refractivity contribution < 1.29 is 23.8 Å². The fourth-order valence-corrected chi connectivity index (χ4v) is 2.12. The van der Waals surface area contributed by atoms with Gasteiger partial charge in [-0.3, -0.25) is 9.69 Å². The minimum Gasteiger partial charge on any atom is -0.482 e. The van der Waals surface area contributed by atoms with Gasteiger partial charge in [0.25, 0.3) is 5.91 Å². The van der Waals surface area contributed by atoms with Gasteiger partial charge in [0.05, 0.1) is 18.5 Å². The number of aromatic carboxylic acids is 1. The van der Waals surface area contributed by atoms with Crippen LogP contribution in [0.5, 0.6) is 5.75 Å². The molecule has 0 bridgehead atoms. The lowest BCUT2D eigenvalue weighted by molar-refractivity contribution is -0.121. The van der Waals surface area contributed by atoms with Gasteiger partial charge in [0.15, 0.2) is 6.61 Å². The van der Waals surface area contributed by atoms with Crippen LogP contribution in [0.25, 0.3) is 0 Å². The highest BCUT2D eigenvalue weighted by Crippen LogP contribution is 2.32. The summed E-state index contributed by atoms with van der Waals surface area (Å²) in [6.45, 7) is -0.00599. The summed E-state index contributed by atoms with van der Waals surface area (Å²) in [5, 5.41) is 9.06. The Morgan fingerprint density at radius 2 is 2.10 bits per heavy atom. The third kappa shape index (κ3) is 2.01. The maximum absolute atomic E-state index is 12.0. The molecule has 1 N–H and O–H groups in total. The van der Waals surface area contributed by atoms with Crippen LogP contribution >= 0.6 is 0 Å². The number of rotatable bonds is 3. The smallest absolute Gasteiger partial charge is 0.339 e. The van der Waals surface area contributed by atoms with Gasteiger partial charge >= 0.3 is 5.97 Å². The van der Waals surface area contributed by atoms with Crippen LogP contribution in [-0.4, -0.2) is 23.6 Å². The molecule has 1 aromatic carbocycles. The number of amides is 1. The molecule has 0 unspecified atom stereocenters. The van der Waals surface area contributed by atoms with E-state index in [0.717, 1.165) is 0 Å². The molecule has 2 heterocycles. The standard InChI is InChI=1S/C14H11NO5/c16-13-8-20-11-4-2-1-3-10(11)15(13)7-12-9(14(17)18)5-6-19-12/h1-6H,7-8H2,(H,17,18). The third-order valence-electron chi connectivity index (χ3n) is 3.09. The maximum atomic E-state index is 12.0. The molecule has 0 aliphatic carbocycles. The molecule has 0 fully saturated rings. The van der Waals surface area contributed by atoms with E-state index >= 15 is 0 Å². The highest BCUT2D eigenvalue weighted by atomic mass is 16.5. The predicted molar refractivity (Wildman–Crippen MR) is 68.8 cm³/mol. The van der Waals surface area contributed by atoms with E-state index in [1.807, 2.05) is 6.07 Å². The third-order valence-corrected chi connectivity index (χ3v) is 3.09. The first-order chi connectivity index (χ1) is 9.66. The summed E-state index contributed by atoms with van der Waals surface area (Å²) in [4.78, 5) is 24.5. The number of carbonyl (C=O) groups excluding carboxylic acids is 1. The van der Waals surface area contributed by atoms with Crippen LogP contribution in [0.15, 0.2) is 41.0 Å². The van der Waals surface area contributed by atoms with Crippen molar-refractivity contribution in [2.45, 2.75) is 6.54 Å². The van der Waals surface area contributed by atoms with E-state index in [1.165, 1.54) is 17.2 Å². The molecular formula is C14H11NO5. The van der Waals surface area contributed by atoms with Crippen LogP contribution in [0.1, 0.15) is 16.1 Å². The Labute approximate surface area is 114 Å². The van der Waals surface area contributed by atoms with Crippen molar-refractivity contribution in [2.75, 3.05) is 11.5 Å². The molecule has 1 aliphatic rings. The van der Waals surface area contributed by atoms with E-state index in [4.69, 9.17) is 14.3 Å². The number of ether oxygens (including phenoxy) is 1. The van der Waals surface area contributed by atoms with Gasteiger partial charge in [-0.25, -0.2) is 4.79 Å². The summed E-state index contributed by atoms with van der Waals surface area (Å²) >= 11 is 0. The second-order valence-corrected chi connectivity index (χ2v) is 4.30. The first-order valence-electron chi connectivity index (χ1n) is 5.98. The second-order valence-electron chi connectivity index (χ2n) is 4.30. The average molecular weight is 273 g/mol. The van der Waals surface area contributed by atoms with Crippen LogP contribution in [0.4, 0.5) is 5.69 Å². The van der Waals surface area contributed by atoms with Crippen LogP contribution in [-0.2, 0) is 11.3 Å². The number of hydrogen-bond donors (Lipinski definition) is 1. The summed E-state index contributed by atoms with van der Waals surface area (Å²) in [6.07, 6.45) is 1.30. The van der Waals surface area contributed by atoms with Crippen molar-refractivity contribution in [1.82, 2.24) is 0 Å². The molecule has 6 heteroatoms. The Hall–Kier alpha value is -2.76. The molecule has 0 spiro atoms. The minimum absolute atomic E-state index is 0.0572. The van der Waals surface area contributed by atoms with E-state index in [2.05, 4.69) is 0 Å². The van der Waals surface area contributed by atoms with Crippen molar-refractivity contribution in [1.29, 1.82) is 0 Å². The Morgan fingerprint density at radius 1 is 1.30 bits per heavy atom. The Bertz CT molecular complexity index is 676. The van der Waals surface area contributed by atoms with Gasteiger partial charge < -0.3 is 14.3 Å². The van der Waals surface area contributed by atoms with Gasteiger partial charge in [-0.2, -0.15) is 0 Å². The number of carboxylic acid groups (broad SMARTS) is 1. The zero-order chi connectivity index (χ0) is 14.1. The van der Waals surface area contributed by atoms with Gasteiger partial charge in [0.1, 0.15) is 17.1 Å². The number of anilines is 1. The SMILES string of the molecule is O=C(O)c1ccoc1CN1C(=O)COc2ccccc21. The van der Waals surface area contributed by atoms with Gasteiger partial charge in [0.2, 0.25) is 0 Å². The Kier molecular flexibility index (Phi) is 2.90. The Morgan fingerprint density at radius 3 is 2.90 bits per heavy atom. The normalized spacial score (nSPS) is 13.8. The molecule has 3 rings (SSSR count). The van der Waals surface area contributed by atoms with E-state index in [0.29, 0.717) is 11.4 Å². The highest BCUT2D eigenvalue weighted by Gasteiger charge is 2.27. The van der Waals surface area contributed by atoms with Crippen molar-refractivity contribution in [3.8, 4) is 5.75 Å². The monoisotopic (exact) mass is 273 g/mol. The quantitative estimate of drug-likeness (QED) is 0.923. The molecule has 102 valence electrons. The molecular weight excluding hydrogens is 262 g/mol. The van der Waals surface area contributed by atoms with E-state index in [9.17, 15) is 9.59 Å². The molecule has 0 saturated carbocycles.